The van der Waals surface area contributed by atoms with E-state index in [1.807, 2.05) is 13.8 Å². The number of hydrogen-bond donors (Lipinski definition) is 0. The molecule has 0 N–H and O–H groups in total. The van der Waals surface area contributed by atoms with Crippen LogP contribution >= 0.6 is 0 Å². The maximum absolute atomic E-state index is 3.98. The summed E-state index contributed by atoms with van der Waals surface area (Å²) in [5.74, 6) is 0. The number of allylic oxidation sites excluding steroid dienone is 1. The van der Waals surface area contributed by atoms with E-state index in [0.717, 1.165) is 0 Å². The standard InChI is InChI=1S/C8H15N.C2H6/c1-7(2)9-6-4-5-8(9)3;1-2/h7H,3-6H2,1-2H3;1-2H3. The normalized spacial score (nSPS) is 16.8. The van der Waals surface area contributed by atoms with E-state index in [0.29, 0.717) is 6.04 Å². The number of rotatable bonds is 1. The summed E-state index contributed by atoms with van der Waals surface area (Å²) in [6.07, 6.45) is 2.51. The summed E-state index contributed by atoms with van der Waals surface area (Å²) in [4.78, 5) is 2.38. The summed E-state index contributed by atoms with van der Waals surface area (Å²) in [7, 11) is 0. The average Bonchev–Trinajstić information content (AvgIpc) is 2.39. The molecule has 1 fully saturated rings. The first-order chi connectivity index (χ1) is 5.22. The van der Waals surface area contributed by atoms with Crippen LogP contribution in [0.4, 0.5) is 0 Å². The molecule has 0 aliphatic carbocycles. The van der Waals surface area contributed by atoms with Crippen molar-refractivity contribution >= 4 is 0 Å². The van der Waals surface area contributed by atoms with E-state index in [9.17, 15) is 0 Å². The predicted octanol–water partition coefficient (Wildman–Crippen LogP) is 3.03. The van der Waals surface area contributed by atoms with Gasteiger partial charge in [0, 0.05) is 18.3 Å². The second kappa shape index (κ2) is 5.22. The van der Waals surface area contributed by atoms with Crippen LogP contribution in [0.15, 0.2) is 12.3 Å². The zero-order valence-electron chi connectivity index (χ0n) is 8.35. The molecular weight excluding hydrogens is 134 g/mol. The fourth-order valence-electron chi connectivity index (χ4n) is 1.38. The van der Waals surface area contributed by atoms with Gasteiger partial charge in [0.15, 0.2) is 0 Å². The SMILES string of the molecule is C=C1CCCN1C(C)C.CC. The quantitative estimate of drug-likeness (QED) is 0.562. The topological polar surface area (TPSA) is 3.24 Å². The Bertz CT molecular complexity index is 116. The van der Waals surface area contributed by atoms with Gasteiger partial charge in [-0.25, -0.2) is 0 Å². The van der Waals surface area contributed by atoms with Gasteiger partial charge < -0.3 is 4.90 Å². The van der Waals surface area contributed by atoms with Crippen LogP contribution in [0.1, 0.15) is 40.5 Å². The van der Waals surface area contributed by atoms with Crippen LogP contribution in [0, 0.1) is 0 Å². The van der Waals surface area contributed by atoms with Crippen molar-refractivity contribution in [3.8, 4) is 0 Å². The van der Waals surface area contributed by atoms with E-state index in [4.69, 9.17) is 0 Å². The van der Waals surface area contributed by atoms with Crippen LogP contribution < -0.4 is 0 Å². The smallest absolute Gasteiger partial charge is 0.0230 e. The second-order valence-corrected chi connectivity index (χ2v) is 2.96. The molecule has 1 aliphatic heterocycles. The molecule has 1 rings (SSSR count). The van der Waals surface area contributed by atoms with Crippen LogP contribution in [0.3, 0.4) is 0 Å². The Morgan fingerprint density at radius 3 is 2.09 bits per heavy atom. The van der Waals surface area contributed by atoms with Gasteiger partial charge in [0.05, 0.1) is 0 Å². The van der Waals surface area contributed by atoms with Gasteiger partial charge in [-0.05, 0) is 26.7 Å². The van der Waals surface area contributed by atoms with Gasteiger partial charge in [0.25, 0.3) is 0 Å². The summed E-state index contributed by atoms with van der Waals surface area (Å²) in [6, 6.07) is 0.653. The van der Waals surface area contributed by atoms with Gasteiger partial charge in [-0.2, -0.15) is 0 Å². The van der Waals surface area contributed by atoms with Crippen LogP contribution in [-0.4, -0.2) is 17.5 Å². The lowest BCUT2D eigenvalue weighted by atomic mass is 10.3. The summed E-state index contributed by atoms with van der Waals surface area (Å²) in [6.45, 7) is 13.6. The molecule has 1 aliphatic rings. The molecule has 11 heavy (non-hydrogen) atoms. The van der Waals surface area contributed by atoms with Crippen LogP contribution in [0.25, 0.3) is 0 Å². The first-order valence-electron chi connectivity index (χ1n) is 4.66. The Morgan fingerprint density at radius 2 is 1.91 bits per heavy atom. The Morgan fingerprint density at radius 1 is 1.36 bits per heavy atom. The predicted molar refractivity (Wildman–Crippen MR) is 51.6 cm³/mol. The number of likely N-dealkylation sites (tertiary alicyclic amines) is 1. The second-order valence-electron chi connectivity index (χ2n) is 2.96. The van der Waals surface area contributed by atoms with Gasteiger partial charge in [0.2, 0.25) is 0 Å². The molecule has 0 bridgehead atoms. The Balaban J connectivity index is 0.000000461. The molecule has 66 valence electrons. The van der Waals surface area contributed by atoms with E-state index < -0.39 is 0 Å². The molecular formula is C10H21N. The highest BCUT2D eigenvalue weighted by atomic mass is 15.2. The van der Waals surface area contributed by atoms with E-state index in [1.54, 1.807) is 0 Å². The summed E-state index contributed by atoms with van der Waals surface area (Å²) < 4.78 is 0. The molecule has 0 radical (unpaired) electrons. The third-order valence-electron chi connectivity index (χ3n) is 1.89. The van der Waals surface area contributed by atoms with Gasteiger partial charge in [-0.3, -0.25) is 0 Å². The molecule has 0 saturated carbocycles. The maximum Gasteiger partial charge on any atom is 0.0230 e. The monoisotopic (exact) mass is 155 g/mol. The minimum absolute atomic E-state index is 0.653. The lowest BCUT2D eigenvalue weighted by Gasteiger charge is -2.23. The largest absolute Gasteiger partial charge is 0.373 e. The Kier molecular flexibility index (Phi) is 5.01. The van der Waals surface area contributed by atoms with Crippen molar-refractivity contribution in [3.05, 3.63) is 12.3 Å². The molecule has 1 heteroatoms. The minimum atomic E-state index is 0.653. The molecule has 1 nitrogen and oxygen atoms in total. The van der Waals surface area contributed by atoms with E-state index in [-0.39, 0.29) is 0 Å². The molecule has 0 aromatic carbocycles. The van der Waals surface area contributed by atoms with E-state index in [1.165, 1.54) is 25.1 Å². The highest BCUT2D eigenvalue weighted by Gasteiger charge is 2.16. The van der Waals surface area contributed by atoms with Gasteiger partial charge in [0.1, 0.15) is 0 Å². The zero-order valence-corrected chi connectivity index (χ0v) is 8.35. The third kappa shape index (κ3) is 2.96. The molecule has 0 amide bonds. The van der Waals surface area contributed by atoms with Crippen molar-refractivity contribution in [2.45, 2.75) is 46.6 Å². The molecule has 1 saturated heterocycles. The highest BCUT2D eigenvalue weighted by Crippen LogP contribution is 2.20. The van der Waals surface area contributed by atoms with Crippen molar-refractivity contribution in [3.63, 3.8) is 0 Å². The van der Waals surface area contributed by atoms with Crippen molar-refractivity contribution in [2.24, 2.45) is 0 Å². The molecule has 0 unspecified atom stereocenters. The first kappa shape index (κ1) is 10.5. The Labute approximate surface area is 71.1 Å². The maximum atomic E-state index is 3.98. The minimum Gasteiger partial charge on any atom is -0.373 e. The molecule has 0 aromatic heterocycles. The van der Waals surface area contributed by atoms with Gasteiger partial charge in [-0.1, -0.05) is 20.4 Å². The van der Waals surface area contributed by atoms with Crippen LogP contribution in [-0.2, 0) is 0 Å². The van der Waals surface area contributed by atoms with E-state index >= 15 is 0 Å². The van der Waals surface area contributed by atoms with E-state index in [2.05, 4.69) is 25.3 Å². The third-order valence-corrected chi connectivity index (χ3v) is 1.89. The first-order valence-corrected chi connectivity index (χ1v) is 4.66. The van der Waals surface area contributed by atoms with Crippen LogP contribution in [0.5, 0.6) is 0 Å². The van der Waals surface area contributed by atoms with Crippen LogP contribution in [0.2, 0.25) is 0 Å². The summed E-state index contributed by atoms with van der Waals surface area (Å²) >= 11 is 0. The summed E-state index contributed by atoms with van der Waals surface area (Å²) in [5.41, 5.74) is 1.32. The zero-order chi connectivity index (χ0) is 8.85. The Hall–Kier alpha value is -0.460. The number of nitrogens with zero attached hydrogens (tertiary/aromatic N) is 1. The van der Waals surface area contributed by atoms with Crippen molar-refractivity contribution in [2.75, 3.05) is 6.54 Å². The fourth-order valence-corrected chi connectivity index (χ4v) is 1.38. The van der Waals surface area contributed by atoms with Gasteiger partial charge in [-0.15, -0.1) is 0 Å². The van der Waals surface area contributed by atoms with Crippen molar-refractivity contribution < 1.29 is 0 Å². The van der Waals surface area contributed by atoms with Gasteiger partial charge >= 0.3 is 0 Å². The highest BCUT2D eigenvalue weighted by molar-refractivity contribution is 5.00. The van der Waals surface area contributed by atoms with Crippen molar-refractivity contribution in [1.82, 2.24) is 4.90 Å². The fraction of sp³-hybridized carbons (Fsp3) is 0.800. The lowest BCUT2D eigenvalue weighted by Crippen LogP contribution is -2.25. The van der Waals surface area contributed by atoms with Crippen molar-refractivity contribution in [1.29, 1.82) is 0 Å². The molecule has 0 spiro atoms. The molecule has 1 heterocycles. The summed E-state index contributed by atoms with van der Waals surface area (Å²) in [5, 5.41) is 0. The molecule has 0 atom stereocenters. The lowest BCUT2D eigenvalue weighted by molar-refractivity contribution is 0.325. The average molecular weight is 155 g/mol. The number of hydrogen-bond acceptors (Lipinski definition) is 1. The molecule has 0 aromatic rings.